The van der Waals surface area contributed by atoms with E-state index in [4.69, 9.17) is 23.2 Å². The first-order valence-electron chi connectivity index (χ1n) is 13.4. The smallest absolute Gasteiger partial charge is 0.250 e. The van der Waals surface area contributed by atoms with Crippen molar-refractivity contribution in [2.75, 3.05) is 28.7 Å². The van der Waals surface area contributed by atoms with Gasteiger partial charge in [0.15, 0.2) is 0 Å². The summed E-state index contributed by atoms with van der Waals surface area (Å²) in [6.45, 7) is 2.38. The highest BCUT2D eigenvalue weighted by molar-refractivity contribution is 6.42. The SMILES string of the molecule is Fc1ccc(Nc2nc(N/N=C\c3cn(Cc4ccc(Cl)c(Cl)c4)c4ccccc34)nc(N3CCCCC3)n2)cc1. The summed E-state index contributed by atoms with van der Waals surface area (Å²) in [6, 6.07) is 19.8. The van der Waals surface area contributed by atoms with Gasteiger partial charge in [-0.1, -0.05) is 47.5 Å². The normalized spacial score (nSPS) is 13.7. The number of hydrazone groups is 1. The lowest BCUT2D eigenvalue weighted by molar-refractivity contribution is 0.568. The molecule has 0 aliphatic carbocycles. The van der Waals surface area contributed by atoms with E-state index in [1.54, 1.807) is 18.3 Å². The van der Waals surface area contributed by atoms with Gasteiger partial charge in [0.25, 0.3) is 0 Å². The van der Waals surface area contributed by atoms with Crippen molar-refractivity contribution >= 4 is 63.9 Å². The molecule has 3 aromatic carbocycles. The Kier molecular flexibility index (Phi) is 7.98. The van der Waals surface area contributed by atoms with Crippen LogP contribution in [-0.4, -0.2) is 38.8 Å². The quantitative estimate of drug-likeness (QED) is 0.144. The second-order valence-electron chi connectivity index (χ2n) is 9.81. The number of benzene rings is 3. The van der Waals surface area contributed by atoms with Gasteiger partial charge in [0.05, 0.1) is 16.3 Å². The Morgan fingerprint density at radius 1 is 0.878 bits per heavy atom. The monoisotopic (exact) mass is 588 g/mol. The molecule has 0 spiro atoms. The molecule has 6 rings (SSSR count). The van der Waals surface area contributed by atoms with Crippen LogP contribution < -0.4 is 15.6 Å². The standard InChI is InChI=1S/C30H27Cl2FN8/c31-25-13-8-20(16-26(25)32)18-41-19-21(24-6-2-3-7-27(24)41)17-34-39-29-36-28(35-23-11-9-22(33)10-12-23)37-30(38-29)40-14-4-1-5-15-40/h2-3,6-13,16-17,19H,1,4-5,14-15,18H2,(H2,35,36,37,38,39)/b34-17-. The molecule has 208 valence electrons. The lowest BCUT2D eigenvalue weighted by atomic mass is 10.1. The van der Waals surface area contributed by atoms with Crippen molar-refractivity contribution in [3.63, 3.8) is 0 Å². The van der Waals surface area contributed by atoms with Gasteiger partial charge in [0.2, 0.25) is 17.8 Å². The van der Waals surface area contributed by atoms with Crippen LogP contribution in [0.4, 0.5) is 27.9 Å². The minimum absolute atomic E-state index is 0.306. The fourth-order valence-corrected chi connectivity index (χ4v) is 5.19. The average molecular weight is 590 g/mol. The fraction of sp³-hybridized carbons (Fsp3) is 0.200. The minimum Gasteiger partial charge on any atom is -0.342 e. The molecule has 0 unspecified atom stereocenters. The van der Waals surface area contributed by atoms with E-state index in [2.05, 4.69) is 52.4 Å². The van der Waals surface area contributed by atoms with Gasteiger partial charge in [-0.15, -0.1) is 0 Å². The van der Waals surface area contributed by atoms with Gasteiger partial charge < -0.3 is 14.8 Å². The molecule has 2 aromatic heterocycles. The summed E-state index contributed by atoms with van der Waals surface area (Å²) in [5.74, 6) is 0.916. The Morgan fingerprint density at radius 2 is 1.66 bits per heavy atom. The molecule has 1 aliphatic heterocycles. The van der Waals surface area contributed by atoms with E-state index < -0.39 is 0 Å². The molecule has 2 N–H and O–H groups in total. The summed E-state index contributed by atoms with van der Waals surface area (Å²) in [6.07, 6.45) is 7.16. The van der Waals surface area contributed by atoms with Gasteiger partial charge in [-0.2, -0.15) is 20.1 Å². The number of nitrogens with one attached hydrogen (secondary N) is 2. The van der Waals surface area contributed by atoms with Crippen molar-refractivity contribution in [2.24, 2.45) is 5.10 Å². The van der Waals surface area contributed by atoms with Crippen molar-refractivity contribution in [1.29, 1.82) is 0 Å². The first-order chi connectivity index (χ1) is 20.0. The zero-order chi connectivity index (χ0) is 28.2. The van der Waals surface area contributed by atoms with Crippen LogP contribution in [0, 0.1) is 5.82 Å². The lowest BCUT2D eigenvalue weighted by Crippen LogP contribution is -2.31. The van der Waals surface area contributed by atoms with Crippen molar-refractivity contribution in [2.45, 2.75) is 25.8 Å². The molecule has 5 aromatic rings. The molecule has 41 heavy (non-hydrogen) atoms. The van der Waals surface area contributed by atoms with E-state index in [0.717, 1.165) is 48.0 Å². The third kappa shape index (κ3) is 6.42. The molecule has 1 aliphatic rings. The molecule has 0 atom stereocenters. The summed E-state index contributed by atoms with van der Waals surface area (Å²) >= 11 is 12.3. The lowest BCUT2D eigenvalue weighted by Gasteiger charge is -2.26. The number of hydrogen-bond acceptors (Lipinski definition) is 7. The number of aromatic nitrogens is 4. The number of nitrogens with zero attached hydrogens (tertiary/aromatic N) is 6. The van der Waals surface area contributed by atoms with Crippen LogP contribution in [-0.2, 0) is 6.54 Å². The fourth-order valence-electron chi connectivity index (χ4n) is 4.87. The molecule has 11 heteroatoms. The van der Waals surface area contributed by atoms with Crippen LogP contribution in [0.5, 0.6) is 0 Å². The predicted molar refractivity (Wildman–Crippen MR) is 164 cm³/mol. The maximum absolute atomic E-state index is 13.4. The second kappa shape index (κ2) is 12.1. The Labute approximate surface area is 246 Å². The highest BCUT2D eigenvalue weighted by atomic mass is 35.5. The van der Waals surface area contributed by atoms with E-state index in [1.165, 1.54) is 18.6 Å². The van der Waals surface area contributed by atoms with Gasteiger partial charge >= 0.3 is 0 Å². The van der Waals surface area contributed by atoms with Crippen LogP contribution in [0.15, 0.2) is 78.0 Å². The van der Waals surface area contributed by atoms with Crippen LogP contribution in [0.2, 0.25) is 10.0 Å². The zero-order valence-electron chi connectivity index (χ0n) is 22.1. The molecular weight excluding hydrogens is 562 g/mol. The summed E-state index contributed by atoms with van der Waals surface area (Å²) in [5, 5.41) is 9.74. The summed E-state index contributed by atoms with van der Waals surface area (Å²) in [4.78, 5) is 15.9. The highest BCUT2D eigenvalue weighted by Gasteiger charge is 2.17. The van der Waals surface area contributed by atoms with E-state index >= 15 is 0 Å². The second-order valence-corrected chi connectivity index (χ2v) is 10.6. The van der Waals surface area contributed by atoms with E-state index in [0.29, 0.717) is 40.1 Å². The molecule has 1 fully saturated rings. The Morgan fingerprint density at radius 3 is 2.46 bits per heavy atom. The zero-order valence-corrected chi connectivity index (χ0v) is 23.6. The van der Waals surface area contributed by atoms with E-state index in [9.17, 15) is 4.39 Å². The maximum atomic E-state index is 13.4. The number of halogens is 3. The van der Waals surface area contributed by atoms with Gasteiger partial charge in [-0.05, 0) is 67.3 Å². The van der Waals surface area contributed by atoms with Crippen molar-refractivity contribution in [3.05, 3.63) is 99.9 Å². The maximum Gasteiger partial charge on any atom is 0.250 e. The van der Waals surface area contributed by atoms with Crippen LogP contribution in [0.25, 0.3) is 10.9 Å². The predicted octanol–water partition coefficient (Wildman–Crippen LogP) is 7.50. The number of piperidine rings is 1. The number of hydrogen-bond donors (Lipinski definition) is 2. The Hall–Kier alpha value is -4.21. The molecule has 1 saturated heterocycles. The molecule has 0 bridgehead atoms. The van der Waals surface area contributed by atoms with Crippen LogP contribution >= 0.6 is 23.2 Å². The largest absolute Gasteiger partial charge is 0.342 e. The molecular formula is C30H27Cl2FN8. The summed E-state index contributed by atoms with van der Waals surface area (Å²) < 4.78 is 15.6. The minimum atomic E-state index is -0.310. The Balaban J connectivity index is 1.26. The van der Waals surface area contributed by atoms with Crippen LogP contribution in [0.3, 0.4) is 0 Å². The molecule has 3 heterocycles. The van der Waals surface area contributed by atoms with Crippen LogP contribution in [0.1, 0.15) is 30.4 Å². The molecule has 8 nitrogen and oxygen atoms in total. The topological polar surface area (TPSA) is 83.3 Å². The van der Waals surface area contributed by atoms with Crippen molar-refractivity contribution < 1.29 is 4.39 Å². The third-order valence-electron chi connectivity index (χ3n) is 6.89. The van der Waals surface area contributed by atoms with Crippen molar-refractivity contribution in [1.82, 2.24) is 19.5 Å². The third-order valence-corrected chi connectivity index (χ3v) is 7.63. The first kappa shape index (κ1) is 27.0. The van der Waals surface area contributed by atoms with Gasteiger partial charge in [-0.25, -0.2) is 9.82 Å². The van der Waals surface area contributed by atoms with Gasteiger partial charge in [0, 0.05) is 48.0 Å². The van der Waals surface area contributed by atoms with Gasteiger partial charge in [0.1, 0.15) is 5.82 Å². The Bertz CT molecular complexity index is 1700. The molecule has 0 amide bonds. The number of rotatable bonds is 8. The van der Waals surface area contributed by atoms with E-state index in [1.807, 2.05) is 36.5 Å². The first-order valence-corrected chi connectivity index (χ1v) is 14.1. The van der Waals surface area contributed by atoms with Gasteiger partial charge in [-0.3, -0.25) is 0 Å². The van der Waals surface area contributed by atoms with Crippen molar-refractivity contribution in [3.8, 4) is 0 Å². The molecule has 0 radical (unpaired) electrons. The summed E-state index contributed by atoms with van der Waals surface area (Å²) in [7, 11) is 0. The average Bonchev–Trinajstić information content (AvgIpc) is 3.33. The molecule has 0 saturated carbocycles. The number of fused-ring (bicyclic) bond motifs is 1. The number of anilines is 4. The highest BCUT2D eigenvalue weighted by Crippen LogP contribution is 2.26. The summed E-state index contributed by atoms with van der Waals surface area (Å²) in [5.41, 5.74) is 6.70. The number of para-hydroxylation sites is 1. The van der Waals surface area contributed by atoms with E-state index in [-0.39, 0.29) is 5.82 Å².